The fourth-order valence-corrected chi connectivity index (χ4v) is 4.82. The van der Waals surface area contributed by atoms with Gasteiger partial charge in [-0.2, -0.15) is 4.31 Å². The van der Waals surface area contributed by atoms with Crippen molar-refractivity contribution >= 4 is 22.4 Å². The minimum Gasteiger partial charge on any atom is -0.494 e. The normalized spacial score (nSPS) is 25.3. The Morgan fingerprint density at radius 3 is 2.59 bits per heavy atom. The topological polar surface area (TPSA) is 58.6 Å². The summed E-state index contributed by atoms with van der Waals surface area (Å²) in [6, 6.07) is 6.72. The van der Waals surface area contributed by atoms with Crippen molar-refractivity contribution in [2.75, 3.05) is 32.8 Å². The van der Waals surface area contributed by atoms with Crippen LogP contribution in [-0.4, -0.2) is 45.5 Å². The number of nitrogens with zero attached hydrogens (tertiary/aromatic N) is 1. The van der Waals surface area contributed by atoms with E-state index in [2.05, 4.69) is 5.32 Å². The van der Waals surface area contributed by atoms with Crippen LogP contribution in [-0.2, 0) is 10.0 Å². The molecule has 0 amide bonds. The summed E-state index contributed by atoms with van der Waals surface area (Å²) in [5.41, 5.74) is 0.151. The highest BCUT2D eigenvalue weighted by Crippen LogP contribution is 2.38. The Balaban J connectivity index is 0.00000176. The van der Waals surface area contributed by atoms with E-state index in [1.54, 1.807) is 28.6 Å². The summed E-state index contributed by atoms with van der Waals surface area (Å²) >= 11 is 0. The summed E-state index contributed by atoms with van der Waals surface area (Å²) in [5, 5.41) is 3.35. The van der Waals surface area contributed by atoms with Crippen molar-refractivity contribution in [1.29, 1.82) is 0 Å². The first-order valence-corrected chi connectivity index (χ1v) is 8.94. The molecule has 0 saturated carbocycles. The molecule has 124 valence electrons. The van der Waals surface area contributed by atoms with Crippen molar-refractivity contribution in [2.45, 2.75) is 24.7 Å². The molecule has 1 atom stereocenters. The predicted molar refractivity (Wildman–Crippen MR) is 88.2 cm³/mol. The average molecular weight is 347 g/mol. The van der Waals surface area contributed by atoms with Gasteiger partial charge in [0.2, 0.25) is 10.0 Å². The van der Waals surface area contributed by atoms with E-state index in [-0.39, 0.29) is 17.8 Å². The summed E-state index contributed by atoms with van der Waals surface area (Å²) in [7, 11) is -3.38. The number of nitrogens with one attached hydrogen (secondary N) is 1. The number of benzene rings is 1. The highest BCUT2D eigenvalue weighted by Gasteiger charge is 2.44. The van der Waals surface area contributed by atoms with Crippen LogP contribution in [0, 0.1) is 5.41 Å². The second kappa shape index (κ2) is 6.74. The molecule has 2 fully saturated rings. The van der Waals surface area contributed by atoms with Crippen LogP contribution in [0.2, 0.25) is 0 Å². The molecule has 2 heterocycles. The molecule has 2 aliphatic rings. The van der Waals surface area contributed by atoms with Gasteiger partial charge in [0.05, 0.1) is 11.5 Å². The summed E-state index contributed by atoms with van der Waals surface area (Å²) in [6.07, 6.45) is 2.03. The first-order chi connectivity index (χ1) is 10.1. The van der Waals surface area contributed by atoms with Gasteiger partial charge in [0.15, 0.2) is 0 Å². The van der Waals surface area contributed by atoms with E-state index in [1.165, 1.54) is 0 Å². The Morgan fingerprint density at radius 1 is 1.27 bits per heavy atom. The molecule has 2 saturated heterocycles. The second-order valence-electron chi connectivity index (χ2n) is 5.92. The molecular formula is C15H23ClN2O3S. The van der Waals surface area contributed by atoms with E-state index in [9.17, 15) is 8.42 Å². The third-order valence-electron chi connectivity index (χ3n) is 4.51. The Hall–Kier alpha value is -0.820. The van der Waals surface area contributed by atoms with E-state index in [0.717, 1.165) is 25.9 Å². The summed E-state index contributed by atoms with van der Waals surface area (Å²) < 4.78 is 32.4. The lowest BCUT2D eigenvalue weighted by atomic mass is 9.87. The molecule has 1 unspecified atom stereocenters. The van der Waals surface area contributed by atoms with Crippen LogP contribution >= 0.6 is 12.4 Å². The number of hydrogen-bond acceptors (Lipinski definition) is 4. The third-order valence-corrected chi connectivity index (χ3v) is 6.37. The van der Waals surface area contributed by atoms with E-state index in [4.69, 9.17) is 4.74 Å². The summed E-state index contributed by atoms with van der Waals surface area (Å²) in [5.74, 6) is 0.703. The van der Waals surface area contributed by atoms with Gasteiger partial charge in [0.1, 0.15) is 5.75 Å². The average Bonchev–Trinajstić information content (AvgIpc) is 3.11. The highest BCUT2D eigenvalue weighted by atomic mass is 35.5. The maximum atomic E-state index is 12.7. The minimum atomic E-state index is -3.38. The monoisotopic (exact) mass is 346 g/mol. The SMILES string of the molecule is CCOc1ccc(S(=O)(=O)N2CCC3(CCNC3)C2)cc1.Cl. The number of rotatable bonds is 4. The number of sulfonamides is 1. The zero-order chi connectivity index (χ0) is 14.9. The molecule has 22 heavy (non-hydrogen) atoms. The van der Waals surface area contributed by atoms with Crippen LogP contribution in [0.25, 0.3) is 0 Å². The van der Waals surface area contributed by atoms with Gasteiger partial charge < -0.3 is 10.1 Å². The number of ether oxygens (including phenoxy) is 1. The smallest absolute Gasteiger partial charge is 0.243 e. The van der Waals surface area contributed by atoms with Gasteiger partial charge in [-0.1, -0.05) is 0 Å². The van der Waals surface area contributed by atoms with Crippen molar-refractivity contribution in [1.82, 2.24) is 9.62 Å². The van der Waals surface area contributed by atoms with Crippen LogP contribution in [0.1, 0.15) is 19.8 Å². The largest absolute Gasteiger partial charge is 0.494 e. The van der Waals surface area contributed by atoms with Gasteiger partial charge in [-0.3, -0.25) is 0 Å². The molecule has 1 aromatic rings. The molecule has 0 aromatic heterocycles. The van der Waals surface area contributed by atoms with Crippen molar-refractivity contribution < 1.29 is 13.2 Å². The second-order valence-corrected chi connectivity index (χ2v) is 7.86. The lowest BCUT2D eigenvalue weighted by Crippen LogP contribution is -2.33. The molecule has 1 N–H and O–H groups in total. The van der Waals surface area contributed by atoms with Gasteiger partial charge in [-0.05, 0) is 56.0 Å². The lowest BCUT2D eigenvalue weighted by Gasteiger charge is -2.22. The van der Waals surface area contributed by atoms with E-state index in [0.29, 0.717) is 30.3 Å². The van der Waals surface area contributed by atoms with E-state index >= 15 is 0 Å². The summed E-state index contributed by atoms with van der Waals surface area (Å²) in [4.78, 5) is 0.356. The van der Waals surface area contributed by atoms with Crippen molar-refractivity contribution in [3.8, 4) is 5.75 Å². The Morgan fingerprint density at radius 2 is 2.00 bits per heavy atom. The Bertz CT molecular complexity index is 598. The molecule has 1 aromatic carbocycles. The zero-order valence-corrected chi connectivity index (χ0v) is 14.4. The molecule has 0 radical (unpaired) electrons. The van der Waals surface area contributed by atoms with E-state index in [1.807, 2.05) is 6.92 Å². The van der Waals surface area contributed by atoms with Gasteiger partial charge in [-0.25, -0.2) is 8.42 Å². The first kappa shape index (κ1) is 17.5. The molecule has 1 spiro atoms. The maximum absolute atomic E-state index is 12.7. The lowest BCUT2D eigenvalue weighted by molar-refractivity contribution is 0.337. The minimum absolute atomic E-state index is 0. The van der Waals surface area contributed by atoms with Crippen molar-refractivity contribution in [3.05, 3.63) is 24.3 Å². The number of halogens is 1. The van der Waals surface area contributed by atoms with Gasteiger partial charge in [0, 0.05) is 19.6 Å². The van der Waals surface area contributed by atoms with Crippen LogP contribution in [0.15, 0.2) is 29.2 Å². The quantitative estimate of drug-likeness (QED) is 0.904. The Labute approximate surface area is 138 Å². The molecule has 2 aliphatic heterocycles. The number of hydrogen-bond donors (Lipinski definition) is 1. The standard InChI is InChI=1S/C15H22N2O3S.ClH/c1-2-20-13-3-5-14(6-4-13)21(18,19)17-10-8-15(12-17)7-9-16-11-15;/h3-6,16H,2,7-12H2,1H3;1H. The zero-order valence-electron chi connectivity index (χ0n) is 12.7. The van der Waals surface area contributed by atoms with Crippen LogP contribution in [0.3, 0.4) is 0 Å². The van der Waals surface area contributed by atoms with E-state index < -0.39 is 10.0 Å². The molecule has 5 nitrogen and oxygen atoms in total. The van der Waals surface area contributed by atoms with Crippen molar-refractivity contribution in [3.63, 3.8) is 0 Å². The fourth-order valence-electron chi connectivity index (χ4n) is 3.27. The fraction of sp³-hybridized carbons (Fsp3) is 0.600. The molecule has 3 rings (SSSR count). The molecular weight excluding hydrogens is 324 g/mol. The van der Waals surface area contributed by atoms with Crippen LogP contribution in [0.4, 0.5) is 0 Å². The van der Waals surface area contributed by atoms with Crippen LogP contribution < -0.4 is 10.1 Å². The first-order valence-electron chi connectivity index (χ1n) is 7.50. The molecule has 0 aliphatic carbocycles. The molecule has 7 heteroatoms. The highest BCUT2D eigenvalue weighted by molar-refractivity contribution is 7.89. The third kappa shape index (κ3) is 3.25. The van der Waals surface area contributed by atoms with Crippen LogP contribution in [0.5, 0.6) is 5.75 Å². The molecule has 0 bridgehead atoms. The maximum Gasteiger partial charge on any atom is 0.243 e. The van der Waals surface area contributed by atoms with Crippen molar-refractivity contribution in [2.24, 2.45) is 5.41 Å². The predicted octanol–water partition coefficient (Wildman–Crippen LogP) is 1.88. The Kier molecular flexibility index (Phi) is 5.37. The van der Waals surface area contributed by atoms with Gasteiger partial charge in [-0.15, -0.1) is 12.4 Å². The van der Waals surface area contributed by atoms with Gasteiger partial charge in [0.25, 0.3) is 0 Å². The summed E-state index contributed by atoms with van der Waals surface area (Å²) in [6.45, 7) is 5.67. The van der Waals surface area contributed by atoms with Gasteiger partial charge >= 0.3 is 0 Å².